The molecule has 0 amide bonds. The van der Waals surface area contributed by atoms with Gasteiger partial charge in [-0.25, -0.2) is 0 Å². The van der Waals surface area contributed by atoms with E-state index in [0.717, 1.165) is 11.4 Å². The topological polar surface area (TPSA) is 12.4 Å². The van der Waals surface area contributed by atoms with Crippen LogP contribution in [-0.4, -0.2) is 13.6 Å². The second-order valence-electron chi connectivity index (χ2n) is 1.87. The molecule has 0 aliphatic heterocycles. The van der Waals surface area contributed by atoms with Crippen LogP contribution in [0.4, 0.5) is 0 Å². The smallest absolute Gasteiger partial charge is 0.105 e. The zero-order valence-electron chi connectivity index (χ0n) is 5.60. The quantitative estimate of drug-likeness (QED) is 0.355. The molecule has 8 heavy (non-hydrogen) atoms. The lowest BCUT2D eigenvalue weighted by atomic mass is 10.1. The van der Waals surface area contributed by atoms with Crippen LogP contribution in [0, 0.1) is 0 Å². The molecule has 2 heteroatoms. The Labute approximate surface area is 51.9 Å². The van der Waals surface area contributed by atoms with Gasteiger partial charge in [-0.3, -0.25) is 4.99 Å². The summed E-state index contributed by atoms with van der Waals surface area (Å²) in [5, 5.41) is 0. The maximum atomic E-state index is 5.15. The number of hydrogen-bond acceptors (Lipinski definition) is 1. The van der Waals surface area contributed by atoms with Gasteiger partial charge in [-0.15, -0.1) is 5.98 Å². The molecule has 0 aromatic rings. The summed E-state index contributed by atoms with van der Waals surface area (Å²) in [6.07, 6.45) is 0. The average molecular weight is 107 g/mol. The normalized spacial score (nSPS) is 11.1. The molecule has 0 saturated heterocycles. The first-order valence-corrected chi connectivity index (χ1v) is 2.57. The van der Waals surface area contributed by atoms with Gasteiger partial charge >= 0.3 is 0 Å². The van der Waals surface area contributed by atoms with Crippen molar-refractivity contribution in [1.29, 1.82) is 0 Å². The Morgan fingerprint density at radius 1 is 1.38 bits per heavy atom. The van der Waals surface area contributed by atoms with E-state index in [1.54, 1.807) is 0 Å². The molecule has 0 aliphatic rings. The fourth-order valence-corrected chi connectivity index (χ4v) is 0.390. The van der Waals surface area contributed by atoms with E-state index in [1.807, 2.05) is 20.8 Å². The van der Waals surface area contributed by atoms with Crippen molar-refractivity contribution in [2.24, 2.45) is 4.99 Å². The van der Waals surface area contributed by atoms with Crippen LogP contribution in [0.15, 0.2) is 16.7 Å². The van der Waals surface area contributed by atoms with Gasteiger partial charge < -0.3 is 0 Å². The summed E-state index contributed by atoms with van der Waals surface area (Å²) < 4.78 is 0. The summed E-state index contributed by atoms with van der Waals surface area (Å²) in [7, 11) is 5.15. The zero-order valence-corrected chi connectivity index (χ0v) is 5.60. The monoisotopic (exact) mass is 107 g/mol. The second kappa shape index (κ2) is 3.47. The SMILES string of the molecule is [B]/C=C(/C)N=C(C)C. The van der Waals surface area contributed by atoms with Crippen LogP contribution < -0.4 is 0 Å². The number of rotatable bonds is 1. The summed E-state index contributed by atoms with van der Waals surface area (Å²) in [4.78, 5) is 4.05. The van der Waals surface area contributed by atoms with Crippen LogP contribution >= 0.6 is 0 Å². The van der Waals surface area contributed by atoms with Crippen molar-refractivity contribution in [3.8, 4) is 0 Å². The molecule has 42 valence electrons. The average Bonchev–Trinajstić information content (AvgIpc) is 1.65. The summed E-state index contributed by atoms with van der Waals surface area (Å²) in [6, 6.07) is 0. The van der Waals surface area contributed by atoms with E-state index < -0.39 is 0 Å². The third kappa shape index (κ3) is 3.66. The highest BCUT2D eigenvalue weighted by Crippen LogP contribution is 1.91. The van der Waals surface area contributed by atoms with Gasteiger partial charge in [0.1, 0.15) is 7.85 Å². The van der Waals surface area contributed by atoms with E-state index >= 15 is 0 Å². The number of nitrogens with zero attached hydrogens (tertiary/aromatic N) is 1. The summed E-state index contributed by atoms with van der Waals surface area (Å²) in [6.45, 7) is 5.74. The van der Waals surface area contributed by atoms with Gasteiger partial charge in [-0.05, 0) is 20.8 Å². The van der Waals surface area contributed by atoms with Crippen LogP contribution in [0.3, 0.4) is 0 Å². The molecule has 0 aliphatic carbocycles. The van der Waals surface area contributed by atoms with Crippen LogP contribution in [-0.2, 0) is 0 Å². The molecule has 0 heterocycles. The van der Waals surface area contributed by atoms with E-state index in [4.69, 9.17) is 7.85 Å². The number of allylic oxidation sites excluding steroid dienone is 1. The molecule has 0 fully saturated rings. The maximum absolute atomic E-state index is 5.15. The predicted molar refractivity (Wildman–Crippen MR) is 38.3 cm³/mol. The van der Waals surface area contributed by atoms with E-state index in [2.05, 4.69) is 4.99 Å². The van der Waals surface area contributed by atoms with Crippen LogP contribution in [0.25, 0.3) is 0 Å². The number of hydrogen-bond donors (Lipinski definition) is 0. The van der Waals surface area contributed by atoms with E-state index in [0.29, 0.717) is 0 Å². The van der Waals surface area contributed by atoms with Crippen LogP contribution in [0.2, 0.25) is 0 Å². The van der Waals surface area contributed by atoms with Crippen molar-refractivity contribution >= 4 is 13.6 Å². The van der Waals surface area contributed by atoms with Gasteiger partial charge in [0.15, 0.2) is 0 Å². The first-order chi connectivity index (χ1) is 3.66. The summed E-state index contributed by atoms with van der Waals surface area (Å²) in [5.74, 6) is 1.49. The molecule has 0 N–H and O–H groups in total. The van der Waals surface area contributed by atoms with Crippen molar-refractivity contribution in [3.63, 3.8) is 0 Å². The molecular weight excluding hydrogens is 96.9 g/mol. The molecule has 2 radical (unpaired) electrons. The van der Waals surface area contributed by atoms with E-state index in [1.165, 1.54) is 5.98 Å². The van der Waals surface area contributed by atoms with E-state index in [-0.39, 0.29) is 0 Å². The Morgan fingerprint density at radius 3 is 2.00 bits per heavy atom. The summed E-state index contributed by atoms with van der Waals surface area (Å²) in [5.41, 5.74) is 1.90. The van der Waals surface area contributed by atoms with Crippen molar-refractivity contribution < 1.29 is 0 Å². The van der Waals surface area contributed by atoms with Crippen molar-refractivity contribution in [1.82, 2.24) is 0 Å². The third-order valence-electron chi connectivity index (χ3n) is 0.641. The van der Waals surface area contributed by atoms with Crippen LogP contribution in [0.1, 0.15) is 20.8 Å². The molecule has 0 aromatic carbocycles. The van der Waals surface area contributed by atoms with Gasteiger partial charge in [0.2, 0.25) is 0 Å². The molecule has 0 aromatic heterocycles. The lowest BCUT2D eigenvalue weighted by Crippen LogP contribution is -1.80. The molecule has 0 rings (SSSR count). The minimum atomic E-state index is 0.866. The fraction of sp³-hybridized carbons (Fsp3) is 0.500. The minimum absolute atomic E-state index is 0.866. The van der Waals surface area contributed by atoms with E-state index in [9.17, 15) is 0 Å². The zero-order chi connectivity index (χ0) is 6.57. The third-order valence-corrected chi connectivity index (χ3v) is 0.641. The standard InChI is InChI=1S/C6H10BN/c1-5(2)8-6(3)4-7/h4H,1-3H3/b6-4-. The Bertz CT molecular complexity index is 120. The first-order valence-electron chi connectivity index (χ1n) is 2.57. The second-order valence-corrected chi connectivity index (χ2v) is 1.87. The first kappa shape index (κ1) is 7.47. The van der Waals surface area contributed by atoms with Crippen molar-refractivity contribution in [2.45, 2.75) is 20.8 Å². The van der Waals surface area contributed by atoms with Crippen molar-refractivity contribution in [2.75, 3.05) is 0 Å². The molecule has 1 nitrogen and oxygen atoms in total. The van der Waals surface area contributed by atoms with Gasteiger partial charge in [0, 0.05) is 11.4 Å². The van der Waals surface area contributed by atoms with Gasteiger partial charge in [0.25, 0.3) is 0 Å². The van der Waals surface area contributed by atoms with Crippen molar-refractivity contribution in [3.05, 3.63) is 11.7 Å². The fourth-order valence-electron chi connectivity index (χ4n) is 0.390. The highest BCUT2D eigenvalue weighted by atomic mass is 14.7. The summed E-state index contributed by atoms with van der Waals surface area (Å²) >= 11 is 0. The Morgan fingerprint density at radius 2 is 1.88 bits per heavy atom. The molecule has 0 saturated carbocycles. The largest absolute Gasteiger partial charge is 0.264 e. The van der Waals surface area contributed by atoms with Gasteiger partial charge in [-0.2, -0.15) is 0 Å². The Hall–Kier alpha value is -0.525. The van der Waals surface area contributed by atoms with Crippen LogP contribution in [0.5, 0.6) is 0 Å². The highest BCUT2D eigenvalue weighted by Gasteiger charge is 1.77. The minimum Gasteiger partial charge on any atom is -0.264 e. The predicted octanol–water partition coefficient (Wildman–Crippen LogP) is 1.50. The van der Waals surface area contributed by atoms with Gasteiger partial charge in [-0.1, -0.05) is 0 Å². The Balaban J connectivity index is 3.89. The molecule has 0 unspecified atom stereocenters. The Kier molecular flexibility index (Phi) is 3.25. The molecular formula is C6H10BN. The molecule has 0 spiro atoms. The highest BCUT2D eigenvalue weighted by molar-refractivity contribution is 6.17. The lowest BCUT2D eigenvalue weighted by molar-refractivity contribution is 1.30. The number of aliphatic imine (C=N–C) groups is 1. The maximum Gasteiger partial charge on any atom is 0.105 e. The molecule has 0 bridgehead atoms. The lowest BCUT2D eigenvalue weighted by Gasteiger charge is -1.89. The molecule has 0 atom stereocenters. The van der Waals surface area contributed by atoms with Gasteiger partial charge in [0.05, 0.1) is 0 Å².